The molecule has 4 heteroatoms. The summed E-state index contributed by atoms with van der Waals surface area (Å²) in [6.45, 7) is 3.37. The second-order valence-electron chi connectivity index (χ2n) is 5.03. The summed E-state index contributed by atoms with van der Waals surface area (Å²) in [7, 11) is 0. The Kier molecular flexibility index (Phi) is 4.16. The number of halogens is 1. The van der Waals surface area contributed by atoms with Crippen molar-refractivity contribution in [2.24, 2.45) is 0 Å². The number of rotatable bonds is 4. The summed E-state index contributed by atoms with van der Waals surface area (Å²) in [4.78, 5) is 2.53. The first-order valence-corrected chi connectivity index (χ1v) is 8.62. The van der Waals surface area contributed by atoms with Crippen molar-refractivity contribution in [3.05, 3.63) is 28.2 Å². The van der Waals surface area contributed by atoms with E-state index in [1.807, 2.05) is 0 Å². The first-order valence-electron chi connectivity index (χ1n) is 6.67. The molecule has 0 radical (unpaired) electrons. The lowest BCUT2D eigenvalue weighted by atomic mass is 10.1. The maximum absolute atomic E-state index is 3.62. The van der Waals surface area contributed by atoms with Crippen LogP contribution in [0, 0.1) is 0 Å². The van der Waals surface area contributed by atoms with Gasteiger partial charge in [0.25, 0.3) is 0 Å². The Balaban J connectivity index is 1.77. The average Bonchev–Trinajstić information content (AvgIpc) is 3.22. The van der Waals surface area contributed by atoms with E-state index in [0.29, 0.717) is 0 Å². The maximum Gasteiger partial charge on any atom is 0.0423 e. The molecule has 1 aliphatic heterocycles. The molecule has 1 aromatic carbocycles. The molecule has 2 nitrogen and oxygen atoms in total. The van der Waals surface area contributed by atoms with Crippen molar-refractivity contribution in [1.29, 1.82) is 0 Å². The molecule has 0 aromatic heterocycles. The molecule has 0 spiro atoms. The van der Waals surface area contributed by atoms with Crippen molar-refractivity contribution in [3.63, 3.8) is 0 Å². The smallest absolute Gasteiger partial charge is 0.0423 e. The third kappa shape index (κ3) is 3.22. The van der Waals surface area contributed by atoms with Gasteiger partial charge in [-0.15, -0.1) is 0 Å². The summed E-state index contributed by atoms with van der Waals surface area (Å²) in [5.74, 6) is 2.50. The Labute approximate surface area is 122 Å². The van der Waals surface area contributed by atoms with E-state index in [-0.39, 0.29) is 0 Å². The van der Waals surface area contributed by atoms with E-state index in [4.69, 9.17) is 0 Å². The molecule has 2 fully saturated rings. The Morgan fingerprint density at radius 2 is 2.06 bits per heavy atom. The van der Waals surface area contributed by atoms with Gasteiger partial charge in [0.05, 0.1) is 0 Å². The molecule has 1 heterocycles. The van der Waals surface area contributed by atoms with E-state index in [2.05, 4.69) is 56.1 Å². The quantitative estimate of drug-likeness (QED) is 0.914. The Bertz CT molecular complexity index is 414. The molecular formula is C14H19BrN2S. The number of anilines is 1. The highest BCUT2D eigenvalue weighted by atomic mass is 79.9. The minimum absolute atomic E-state index is 0.776. The highest BCUT2D eigenvalue weighted by molar-refractivity contribution is 9.10. The zero-order valence-electron chi connectivity index (χ0n) is 10.5. The molecule has 0 atom stereocenters. The van der Waals surface area contributed by atoms with Crippen LogP contribution in [-0.2, 0) is 6.54 Å². The van der Waals surface area contributed by atoms with Crippen LogP contribution in [0.3, 0.4) is 0 Å². The summed E-state index contributed by atoms with van der Waals surface area (Å²) < 4.78 is 1.19. The van der Waals surface area contributed by atoms with E-state index in [1.54, 1.807) is 0 Å². The lowest BCUT2D eigenvalue weighted by molar-refractivity contribution is 0.684. The van der Waals surface area contributed by atoms with Crippen molar-refractivity contribution in [2.45, 2.75) is 25.4 Å². The number of nitrogens with one attached hydrogen (secondary N) is 1. The average molecular weight is 327 g/mol. The molecule has 3 rings (SSSR count). The first-order chi connectivity index (χ1) is 8.83. The van der Waals surface area contributed by atoms with Crippen LogP contribution >= 0.6 is 27.7 Å². The van der Waals surface area contributed by atoms with E-state index >= 15 is 0 Å². The van der Waals surface area contributed by atoms with E-state index < -0.39 is 0 Å². The second-order valence-corrected chi connectivity index (χ2v) is 7.17. The third-order valence-electron chi connectivity index (χ3n) is 3.56. The van der Waals surface area contributed by atoms with Gasteiger partial charge in [0.1, 0.15) is 0 Å². The van der Waals surface area contributed by atoms with Crippen molar-refractivity contribution in [3.8, 4) is 0 Å². The van der Waals surface area contributed by atoms with Crippen molar-refractivity contribution < 1.29 is 0 Å². The van der Waals surface area contributed by atoms with Crippen LogP contribution in [0.2, 0.25) is 0 Å². The van der Waals surface area contributed by atoms with Crippen LogP contribution in [0.4, 0.5) is 5.69 Å². The van der Waals surface area contributed by atoms with E-state index in [1.165, 1.54) is 53.2 Å². The van der Waals surface area contributed by atoms with Crippen molar-refractivity contribution in [1.82, 2.24) is 5.32 Å². The Morgan fingerprint density at radius 1 is 1.28 bits per heavy atom. The fraction of sp³-hybridized carbons (Fsp3) is 0.571. The van der Waals surface area contributed by atoms with Gasteiger partial charge in [-0.25, -0.2) is 0 Å². The van der Waals surface area contributed by atoms with Gasteiger partial charge in [-0.05, 0) is 30.5 Å². The van der Waals surface area contributed by atoms with Gasteiger partial charge in [-0.3, -0.25) is 0 Å². The zero-order chi connectivity index (χ0) is 12.4. The number of thioether (sulfide) groups is 1. The van der Waals surface area contributed by atoms with E-state index in [0.717, 1.165) is 12.6 Å². The Hall–Kier alpha value is -0.190. The standard InChI is InChI=1S/C14H19BrN2S/c15-12-2-1-11(10-16-13-3-4-13)14(9-12)17-5-7-18-8-6-17/h1-2,9,13,16H,3-8,10H2. The first kappa shape index (κ1) is 12.8. The SMILES string of the molecule is Brc1ccc(CNC2CC2)c(N2CCSCC2)c1. The highest BCUT2D eigenvalue weighted by Crippen LogP contribution is 2.28. The number of benzene rings is 1. The minimum atomic E-state index is 0.776. The van der Waals surface area contributed by atoms with Crippen LogP contribution in [0.1, 0.15) is 18.4 Å². The Morgan fingerprint density at radius 3 is 2.78 bits per heavy atom. The van der Waals surface area contributed by atoms with Gasteiger partial charge in [0, 0.05) is 47.3 Å². The highest BCUT2D eigenvalue weighted by Gasteiger charge is 2.21. The number of hydrogen-bond acceptors (Lipinski definition) is 3. The fourth-order valence-electron chi connectivity index (χ4n) is 2.33. The normalized spacial score (nSPS) is 20.2. The predicted octanol–water partition coefficient (Wildman–Crippen LogP) is 3.25. The van der Waals surface area contributed by atoms with Gasteiger partial charge >= 0.3 is 0 Å². The predicted molar refractivity (Wildman–Crippen MR) is 83.5 cm³/mol. The van der Waals surface area contributed by atoms with Gasteiger partial charge in [0.15, 0.2) is 0 Å². The van der Waals surface area contributed by atoms with Crippen molar-refractivity contribution >= 4 is 33.4 Å². The molecule has 0 bridgehead atoms. The fourth-order valence-corrected chi connectivity index (χ4v) is 3.58. The molecule has 1 aromatic rings. The molecule has 2 aliphatic rings. The zero-order valence-corrected chi connectivity index (χ0v) is 12.9. The van der Waals surface area contributed by atoms with Crippen LogP contribution in [0.5, 0.6) is 0 Å². The molecular weight excluding hydrogens is 308 g/mol. The lowest BCUT2D eigenvalue weighted by Gasteiger charge is -2.30. The largest absolute Gasteiger partial charge is 0.370 e. The van der Waals surface area contributed by atoms with Gasteiger partial charge in [-0.1, -0.05) is 22.0 Å². The topological polar surface area (TPSA) is 15.3 Å². The molecule has 0 unspecified atom stereocenters. The molecule has 1 aliphatic carbocycles. The molecule has 1 saturated carbocycles. The summed E-state index contributed by atoms with van der Waals surface area (Å²) in [5.41, 5.74) is 2.86. The molecule has 1 saturated heterocycles. The molecule has 0 amide bonds. The summed E-state index contributed by atoms with van der Waals surface area (Å²) in [5, 5.41) is 3.62. The molecule has 18 heavy (non-hydrogen) atoms. The lowest BCUT2D eigenvalue weighted by Crippen LogP contribution is -2.33. The molecule has 98 valence electrons. The van der Waals surface area contributed by atoms with E-state index in [9.17, 15) is 0 Å². The summed E-state index contributed by atoms with van der Waals surface area (Å²) >= 11 is 5.67. The van der Waals surface area contributed by atoms with Gasteiger partial charge in [0.2, 0.25) is 0 Å². The van der Waals surface area contributed by atoms with Crippen LogP contribution in [0.25, 0.3) is 0 Å². The number of hydrogen-bond donors (Lipinski definition) is 1. The summed E-state index contributed by atoms with van der Waals surface area (Å²) in [6.07, 6.45) is 2.71. The van der Waals surface area contributed by atoms with Crippen LogP contribution in [-0.4, -0.2) is 30.6 Å². The molecule has 1 N–H and O–H groups in total. The van der Waals surface area contributed by atoms with Crippen LogP contribution in [0.15, 0.2) is 22.7 Å². The number of nitrogens with zero attached hydrogens (tertiary/aromatic N) is 1. The van der Waals surface area contributed by atoms with Gasteiger partial charge < -0.3 is 10.2 Å². The van der Waals surface area contributed by atoms with Gasteiger partial charge in [-0.2, -0.15) is 11.8 Å². The third-order valence-corrected chi connectivity index (χ3v) is 4.99. The van der Waals surface area contributed by atoms with Crippen LogP contribution < -0.4 is 10.2 Å². The maximum atomic E-state index is 3.62. The second kappa shape index (κ2) is 5.85. The minimum Gasteiger partial charge on any atom is -0.370 e. The monoisotopic (exact) mass is 326 g/mol. The van der Waals surface area contributed by atoms with Crippen molar-refractivity contribution in [2.75, 3.05) is 29.5 Å². The summed E-state index contributed by atoms with van der Waals surface area (Å²) in [6, 6.07) is 7.47.